The lowest BCUT2D eigenvalue weighted by atomic mass is 10.3. The van der Waals surface area contributed by atoms with Gasteiger partial charge in [-0.3, -0.25) is 4.79 Å². The molecule has 0 aliphatic carbocycles. The Bertz CT molecular complexity index is 570. The van der Waals surface area contributed by atoms with Crippen LogP contribution in [-0.4, -0.2) is 20.9 Å². The number of hydrogen-bond acceptors (Lipinski definition) is 5. The van der Waals surface area contributed by atoms with Crippen LogP contribution < -0.4 is 11.1 Å². The Labute approximate surface area is 104 Å². The van der Waals surface area contributed by atoms with E-state index in [-0.39, 0.29) is 11.6 Å². The molecule has 0 atom stereocenters. The molecule has 18 heavy (non-hydrogen) atoms. The number of nitrogens with one attached hydrogen (secondary N) is 1. The Kier molecular flexibility index (Phi) is 3.47. The highest BCUT2D eigenvalue weighted by molar-refractivity contribution is 5.96. The van der Waals surface area contributed by atoms with Gasteiger partial charge in [-0.2, -0.15) is 0 Å². The van der Waals surface area contributed by atoms with Gasteiger partial charge in [0.25, 0.3) is 5.91 Å². The second-order valence-electron chi connectivity index (χ2n) is 3.72. The lowest BCUT2D eigenvalue weighted by Gasteiger charge is -2.06. The smallest absolute Gasteiger partial charge is 0.272 e. The number of carbonyl (C=O) groups is 1. The maximum atomic E-state index is 11.8. The minimum atomic E-state index is -0.315. The average molecular weight is 243 g/mol. The largest absolute Gasteiger partial charge is 0.397 e. The third-order valence-electron chi connectivity index (χ3n) is 2.32. The highest BCUT2D eigenvalue weighted by atomic mass is 16.1. The van der Waals surface area contributed by atoms with Gasteiger partial charge >= 0.3 is 0 Å². The molecule has 0 bridgehead atoms. The molecule has 0 saturated heterocycles. The van der Waals surface area contributed by atoms with Crippen molar-refractivity contribution >= 4 is 11.6 Å². The highest BCUT2D eigenvalue weighted by Gasteiger charge is 2.10. The van der Waals surface area contributed by atoms with Gasteiger partial charge in [0.05, 0.1) is 17.9 Å². The molecule has 0 aliphatic heterocycles. The first-order valence-corrected chi connectivity index (χ1v) is 5.44. The van der Waals surface area contributed by atoms with E-state index in [2.05, 4.69) is 20.3 Å². The topological polar surface area (TPSA) is 93.8 Å². The molecule has 0 saturated carbocycles. The maximum absolute atomic E-state index is 11.8. The van der Waals surface area contributed by atoms with Gasteiger partial charge in [0.2, 0.25) is 0 Å². The van der Waals surface area contributed by atoms with Crippen molar-refractivity contribution in [1.82, 2.24) is 20.3 Å². The van der Waals surface area contributed by atoms with Gasteiger partial charge in [-0.15, -0.1) is 0 Å². The van der Waals surface area contributed by atoms with Crippen molar-refractivity contribution in [2.75, 3.05) is 5.73 Å². The van der Waals surface area contributed by atoms with Gasteiger partial charge in [0.15, 0.2) is 5.69 Å². The van der Waals surface area contributed by atoms with Crippen molar-refractivity contribution < 1.29 is 4.79 Å². The summed E-state index contributed by atoms with van der Waals surface area (Å²) in [5.41, 5.74) is 6.99. The summed E-state index contributed by atoms with van der Waals surface area (Å²) in [6.07, 6.45) is 3.18. The standard InChI is InChI=1S/C12H13N5O/c1-8-14-6-4-9(17-8)7-16-12(18)11-10(13)3-2-5-15-11/h2-6H,7,13H2,1H3,(H,16,18). The average Bonchev–Trinajstić information content (AvgIpc) is 2.37. The fraction of sp³-hybridized carbons (Fsp3) is 0.167. The van der Waals surface area contributed by atoms with Crippen LogP contribution in [0.15, 0.2) is 30.6 Å². The van der Waals surface area contributed by atoms with Crippen molar-refractivity contribution in [2.45, 2.75) is 13.5 Å². The van der Waals surface area contributed by atoms with E-state index in [0.717, 1.165) is 5.69 Å². The van der Waals surface area contributed by atoms with Crippen LogP contribution in [0, 0.1) is 6.92 Å². The van der Waals surface area contributed by atoms with Crippen LogP contribution in [-0.2, 0) is 6.54 Å². The molecule has 0 radical (unpaired) electrons. The Morgan fingerprint density at radius 2 is 2.17 bits per heavy atom. The van der Waals surface area contributed by atoms with Gasteiger partial charge in [0.1, 0.15) is 5.82 Å². The van der Waals surface area contributed by atoms with Crippen LogP contribution in [0.4, 0.5) is 5.69 Å². The minimum Gasteiger partial charge on any atom is -0.397 e. The number of rotatable bonds is 3. The first-order chi connectivity index (χ1) is 8.66. The van der Waals surface area contributed by atoms with Crippen LogP contribution in [0.5, 0.6) is 0 Å². The van der Waals surface area contributed by atoms with Crippen molar-refractivity contribution in [2.24, 2.45) is 0 Å². The maximum Gasteiger partial charge on any atom is 0.272 e. The molecule has 1 amide bonds. The molecule has 6 nitrogen and oxygen atoms in total. The predicted molar refractivity (Wildman–Crippen MR) is 66.6 cm³/mol. The van der Waals surface area contributed by atoms with Crippen molar-refractivity contribution in [3.8, 4) is 0 Å². The molecule has 0 fully saturated rings. The second kappa shape index (κ2) is 5.22. The predicted octanol–water partition coefficient (Wildman–Crippen LogP) is 0.692. The number of aryl methyl sites for hydroxylation is 1. The lowest BCUT2D eigenvalue weighted by Crippen LogP contribution is -2.25. The Hall–Kier alpha value is -2.50. The third kappa shape index (κ3) is 2.79. The van der Waals surface area contributed by atoms with Crippen LogP contribution in [0.3, 0.4) is 0 Å². The minimum absolute atomic E-state index is 0.225. The van der Waals surface area contributed by atoms with Crippen LogP contribution >= 0.6 is 0 Å². The molecule has 0 aromatic carbocycles. The van der Waals surface area contributed by atoms with Gasteiger partial charge in [0, 0.05) is 12.4 Å². The molecule has 3 N–H and O–H groups in total. The molecule has 92 valence electrons. The summed E-state index contributed by atoms with van der Waals surface area (Å²) in [6.45, 7) is 2.11. The van der Waals surface area contributed by atoms with Gasteiger partial charge in [-0.1, -0.05) is 0 Å². The summed E-state index contributed by atoms with van der Waals surface area (Å²) in [6, 6.07) is 5.06. The zero-order chi connectivity index (χ0) is 13.0. The van der Waals surface area contributed by atoms with E-state index in [1.54, 1.807) is 31.3 Å². The zero-order valence-corrected chi connectivity index (χ0v) is 9.92. The molecular formula is C12H13N5O. The van der Waals surface area contributed by atoms with Crippen molar-refractivity contribution in [3.05, 3.63) is 47.8 Å². The number of hydrogen-bond donors (Lipinski definition) is 2. The van der Waals surface area contributed by atoms with E-state index >= 15 is 0 Å². The number of amides is 1. The summed E-state index contributed by atoms with van der Waals surface area (Å²) in [5.74, 6) is 0.350. The number of aromatic nitrogens is 3. The van der Waals surface area contributed by atoms with Crippen LogP contribution in [0.1, 0.15) is 22.0 Å². The normalized spacial score (nSPS) is 10.1. The van der Waals surface area contributed by atoms with E-state index in [0.29, 0.717) is 18.1 Å². The van der Waals surface area contributed by atoms with Crippen molar-refractivity contribution in [3.63, 3.8) is 0 Å². The van der Waals surface area contributed by atoms with E-state index < -0.39 is 0 Å². The number of anilines is 1. The molecule has 6 heteroatoms. The summed E-state index contributed by atoms with van der Waals surface area (Å²) < 4.78 is 0. The molecule has 2 rings (SSSR count). The molecule has 0 unspecified atom stereocenters. The second-order valence-corrected chi connectivity index (χ2v) is 3.72. The summed E-state index contributed by atoms with van der Waals surface area (Å²) in [7, 11) is 0. The molecule has 0 spiro atoms. The molecule has 2 aromatic rings. The Morgan fingerprint density at radius 3 is 2.89 bits per heavy atom. The number of nitrogens with two attached hydrogens (primary N) is 1. The zero-order valence-electron chi connectivity index (χ0n) is 9.92. The Morgan fingerprint density at radius 1 is 1.33 bits per heavy atom. The van der Waals surface area contributed by atoms with E-state index in [1.165, 1.54) is 6.20 Å². The first-order valence-electron chi connectivity index (χ1n) is 5.44. The number of nitrogens with zero attached hydrogens (tertiary/aromatic N) is 3. The Balaban J connectivity index is 2.03. The SMILES string of the molecule is Cc1nccc(CNC(=O)c2ncccc2N)n1. The quantitative estimate of drug-likeness (QED) is 0.827. The molecular weight excluding hydrogens is 230 g/mol. The molecule has 2 heterocycles. The third-order valence-corrected chi connectivity index (χ3v) is 2.32. The van der Waals surface area contributed by atoms with E-state index in [1.807, 2.05) is 0 Å². The first kappa shape index (κ1) is 12.0. The number of carbonyl (C=O) groups excluding carboxylic acids is 1. The number of nitrogen functional groups attached to an aromatic ring is 1. The van der Waals surface area contributed by atoms with Crippen molar-refractivity contribution in [1.29, 1.82) is 0 Å². The molecule has 0 aliphatic rings. The number of pyridine rings is 1. The fourth-order valence-corrected chi connectivity index (χ4v) is 1.47. The fourth-order valence-electron chi connectivity index (χ4n) is 1.47. The molecule has 2 aromatic heterocycles. The van der Waals surface area contributed by atoms with Crippen LogP contribution in [0.25, 0.3) is 0 Å². The lowest BCUT2D eigenvalue weighted by molar-refractivity contribution is 0.0946. The van der Waals surface area contributed by atoms with E-state index in [4.69, 9.17) is 5.73 Å². The van der Waals surface area contributed by atoms with Gasteiger partial charge in [-0.05, 0) is 25.1 Å². The monoisotopic (exact) mass is 243 g/mol. The summed E-state index contributed by atoms with van der Waals surface area (Å²) in [4.78, 5) is 23.9. The van der Waals surface area contributed by atoms with Crippen LogP contribution in [0.2, 0.25) is 0 Å². The van der Waals surface area contributed by atoms with Gasteiger partial charge in [-0.25, -0.2) is 15.0 Å². The van der Waals surface area contributed by atoms with E-state index in [9.17, 15) is 4.79 Å². The highest BCUT2D eigenvalue weighted by Crippen LogP contribution is 2.06. The van der Waals surface area contributed by atoms with Gasteiger partial charge < -0.3 is 11.1 Å². The summed E-state index contributed by atoms with van der Waals surface area (Å²) in [5, 5.41) is 2.71. The summed E-state index contributed by atoms with van der Waals surface area (Å²) >= 11 is 0.